The third kappa shape index (κ3) is 10.9. The van der Waals surface area contributed by atoms with Crippen LogP contribution in [0.2, 0.25) is 0 Å². The first kappa shape index (κ1) is 31.2. The number of rotatable bonds is 12. The van der Waals surface area contributed by atoms with Crippen molar-refractivity contribution in [2.75, 3.05) is 6.54 Å². The topological polar surface area (TPSA) is 177 Å². The van der Waals surface area contributed by atoms with Crippen LogP contribution in [0.15, 0.2) is 41.5 Å². The van der Waals surface area contributed by atoms with E-state index >= 15 is 0 Å². The van der Waals surface area contributed by atoms with Crippen LogP contribution in [0.3, 0.4) is 0 Å². The van der Waals surface area contributed by atoms with Crippen LogP contribution >= 0.6 is 24.8 Å². The summed E-state index contributed by atoms with van der Waals surface area (Å²) in [5.74, 6) is 0.374. The lowest BCUT2D eigenvalue weighted by Gasteiger charge is -2.20. The van der Waals surface area contributed by atoms with Crippen molar-refractivity contribution in [3.05, 3.63) is 53.6 Å². The molecule has 0 fully saturated rings. The van der Waals surface area contributed by atoms with E-state index in [0.717, 1.165) is 17.1 Å². The SMILES string of the molecule is CC(C)c1ncc(C[C@H](N)C(=O)N[C@@H](CCCN=C(N)N)C(=O)NCc2ccccc2)[nH]1.Cl.Cl. The first-order chi connectivity index (χ1) is 15.3. The van der Waals surface area contributed by atoms with Crippen molar-refractivity contribution in [3.63, 3.8) is 0 Å². The van der Waals surface area contributed by atoms with Gasteiger partial charge >= 0.3 is 0 Å². The molecule has 1 aromatic heterocycles. The van der Waals surface area contributed by atoms with Crippen LogP contribution in [0.25, 0.3) is 0 Å². The second-order valence-corrected chi connectivity index (χ2v) is 7.97. The summed E-state index contributed by atoms with van der Waals surface area (Å²) < 4.78 is 0. The van der Waals surface area contributed by atoms with Crippen LogP contribution in [-0.4, -0.2) is 46.4 Å². The van der Waals surface area contributed by atoms with Crippen molar-refractivity contribution in [1.82, 2.24) is 20.6 Å². The molecule has 190 valence electrons. The molecule has 0 spiro atoms. The highest BCUT2D eigenvalue weighted by Crippen LogP contribution is 2.10. The zero-order valence-electron chi connectivity index (χ0n) is 19.5. The monoisotopic (exact) mass is 514 g/mol. The molecule has 0 aliphatic rings. The minimum atomic E-state index is -0.822. The van der Waals surface area contributed by atoms with Gasteiger partial charge in [0, 0.05) is 37.3 Å². The lowest BCUT2D eigenvalue weighted by Crippen LogP contribution is -2.52. The summed E-state index contributed by atoms with van der Waals surface area (Å²) >= 11 is 0. The predicted octanol–water partition coefficient (Wildman–Crippen LogP) is 1.10. The molecule has 0 saturated carbocycles. The summed E-state index contributed by atoms with van der Waals surface area (Å²) in [5.41, 5.74) is 18.5. The summed E-state index contributed by atoms with van der Waals surface area (Å²) in [7, 11) is 0. The Morgan fingerprint density at radius 3 is 2.38 bits per heavy atom. The molecule has 0 aliphatic carbocycles. The number of hydrogen-bond acceptors (Lipinski definition) is 5. The van der Waals surface area contributed by atoms with E-state index in [-0.39, 0.29) is 49.0 Å². The Balaban J connectivity index is 0.00000544. The zero-order chi connectivity index (χ0) is 23.5. The normalized spacial score (nSPS) is 12.0. The Morgan fingerprint density at radius 1 is 1.12 bits per heavy atom. The van der Waals surface area contributed by atoms with Gasteiger partial charge in [0.2, 0.25) is 11.8 Å². The van der Waals surface area contributed by atoms with Gasteiger partial charge in [-0.25, -0.2) is 4.98 Å². The standard InChI is InChI=1S/C22H34N8O2.2ClH/c1-14(2)19-27-13-16(29-19)11-17(23)20(31)30-18(9-6-10-26-22(24)25)21(32)28-12-15-7-4-3-5-8-15;;/h3-5,7-8,13-14,17-18H,6,9-12,23H2,1-2H3,(H,27,29)(H,28,32)(H,30,31)(H4,24,25,26);2*1H/t17-,18-;;/m0../s1. The maximum Gasteiger partial charge on any atom is 0.242 e. The Labute approximate surface area is 212 Å². The number of halogens is 2. The first-order valence-electron chi connectivity index (χ1n) is 10.7. The second-order valence-electron chi connectivity index (χ2n) is 7.97. The number of hydrogen-bond donors (Lipinski definition) is 6. The molecule has 1 aromatic carbocycles. The van der Waals surface area contributed by atoms with Crippen molar-refractivity contribution >= 4 is 42.6 Å². The van der Waals surface area contributed by atoms with E-state index in [1.165, 1.54) is 0 Å². The van der Waals surface area contributed by atoms with Crippen LogP contribution in [0, 0.1) is 0 Å². The van der Waals surface area contributed by atoms with Crippen molar-refractivity contribution in [3.8, 4) is 0 Å². The number of carbonyl (C=O) groups excluding carboxylic acids is 2. The maximum atomic E-state index is 12.8. The Morgan fingerprint density at radius 2 is 1.79 bits per heavy atom. The molecule has 2 amide bonds. The zero-order valence-corrected chi connectivity index (χ0v) is 21.1. The van der Waals surface area contributed by atoms with E-state index in [4.69, 9.17) is 17.2 Å². The van der Waals surface area contributed by atoms with Gasteiger partial charge in [0.05, 0.1) is 6.04 Å². The molecule has 2 atom stereocenters. The van der Waals surface area contributed by atoms with Gasteiger partial charge in [-0.05, 0) is 18.4 Å². The van der Waals surface area contributed by atoms with E-state index in [1.54, 1.807) is 6.20 Å². The highest BCUT2D eigenvalue weighted by Gasteiger charge is 2.24. The third-order valence-corrected chi connectivity index (χ3v) is 4.86. The van der Waals surface area contributed by atoms with E-state index in [0.29, 0.717) is 25.9 Å². The average molecular weight is 515 g/mol. The number of amides is 2. The highest BCUT2D eigenvalue weighted by molar-refractivity contribution is 5.89. The third-order valence-electron chi connectivity index (χ3n) is 4.86. The highest BCUT2D eigenvalue weighted by atomic mass is 35.5. The molecule has 0 bridgehead atoms. The molecular weight excluding hydrogens is 479 g/mol. The van der Waals surface area contributed by atoms with Crippen molar-refractivity contribution in [2.45, 2.75) is 57.7 Å². The molecule has 0 aliphatic heterocycles. The number of imidazole rings is 1. The number of H-pyrrole nitrogens is 1. The molecule has 0 radical (unpaired) electrons. The molecule has 0 unspecified atom stereocenters. The Kier molecular flexibility index (Phi) is 14.6. The molecule has 34 heavy (non-hydrogen) atoms. The van der Waals surface area contributed by atoms with E-state index in [1.807, 2.05) is 44.2 Å². The number of guanidine groups is 1. The number of aromatic amines is 1. The molecule has 12 heteroatoms. The van der Waals surface area contributed by atoms with Gasteiger partial charge in [-0.2, -0.15) is 0 Å². The van der Waals surface area contributed by atoms with E-state index < -0.39 is 18.0 Å². The number of aromatic nitrogens is 2. The van der Waals surface area contributed by atoms with Gasteiger partial charge in [-0.15, -0.1) is 24.8 Å². The maximum absolute atomic E-state index is 12.8. The molecule has 1 heterocycles. The lowest BCUT2D eigenvalue weighted by molar-refractivity contribution is -0.129. The van der Waals surface area contributed by atoms with E-state index in [2.05, 4.69) is 25.6 Å². The number of nitrogens with two attached hydrogens (primary N) is 3. The largest absolute Gasteiger partial charge is 0.370 e. The molecule has 10 nitrogen and oxygen atoms in total. The fourth-order valence-corrected chi connectivity index (χ4v) is 3.06. The minimum absolute atomic E-state index is 0. The number of aliphatic imine (C=N–C) groups is 1. The van der Waals surface area contributed by atoms with Crippen LogP contribution < -0.4 is 27.8 Å². The van der Waals surface area contributed by atoms with Gasteiger partial charge in [-0.1, -0.05) is 44.2 Å². The van der Waals surface area contributed by atoms with Crippen molar-refractivity contribution < 1.29 is 9.59 Å². The fourth-order valence-electron chi connectivity index (χ4n) is 3.06. The summed E-state index contributed by atoms with van der Waals surface area (Å²) in [6.07, 6.45) is 2.87. The van der Waals surface area contributed by atoms with Gasteiger partial charge in [0.1, 0.15) is 11.9 Å². The van der Waals surface area contributed by atoms with Crippen LogP contribution in [-0.2, 0) is 22.6 Å². The molecular formula is C22H36Cl2N8O2. The van der Waals surface area contributed by atoms with Crippen LogP contribution in [0.4, 0.5) is 0 Å². The minimum Gasteiger partial charge on any atom is -0.370 e. The van der Waals surface area contributed by atoms with Crippen LogP contribution in [0.5, 0.6) is 0 Å². The summed E-state index contributed by atoms with van der Waals surface area (Å²) in [6, 6.07) is 7.96. The smallest absolute Gasteiger partial charge is 0.242 e. The Hall–Kier alpha value is -2.82. The summed E-state index contributed by atoms with van der Waals surface area (Å²) in [5, 5.41) is 5.63. The molecule has 2 rings (SSSR count). The molecule has 0 saturated heterocycles. The van der Waals surface area contributed by atoms with Gasteiger partial charge in [0.25, 0.3) is 0 Å². The van der Waals surface area contributed by atoms with Gasteiger partial charge in [0.15, 0.2) is 5.96 Å². The molecule has 2 aromatic rings. The quantitative estimate of drug-likeness (QED) is 0.140. The summed E-state index contributed by atoms with van der Waals surface area (Å²) in [4.78, 5) is 36.9. The lowest BCUT2D eigenvalue weighted by atomic mass is 10.1. The first-order valence-corrected chi connectivity index (χ1v) is 10.7. The van der Waals surface area contributed by atoms with Crippen molar-refractivity contribution in [1.29, 1.82) is 0 Å². The van der Waals surface area contributed by atoms with Gasteiger partial charge < -0.3 is 32.8 Å². The number of carbonyl (C=O) groups is 2. The fraction of sp³-hybridized carbons (Fsp3) is 0.455. The van der Waals surface area contributed by atoms with Crippen LogP contribution in [0.1, 0.15) is 49.7 Å². The molecule has 9 N–H and O–H groups in total. The van der Waals surface area contributed by atoms with Crippen molar-refractivity contribution in [2.24, 2.45) is 22.2 Å². The number of nitrogens with one attached hydrogen (secondary N) is 3. The number of benzene rings is 1. The summed E-state index contributed by atoms with van der Waals surface area (Å²) in [6.45, 7) is 4.77. The van der Waals surface area contributed by atoms with E-state index in [9.17, 15) is 9.59 Å². The Bertz CT molecular complexity index is 901. The van der Waals surface area contributed by atoms with Gasteiger partial charge in [-0.3, -0.25) is 14.6 Å². The second kappa shape index (κ2) is 15.9. The average Bonchev–Trinajstić information content (AvgIpc) is 3.23. The number of nitrogens with zero attached hydrogens (tertiary/aromatic N) is 2. The predicted molar refractivity (Wildman–Crippen MR) is 139 cm³/mol.